The summed E-state index contributed by atoms with van der Waals surface area (Å²) in [6, 6.07) is 14.5. The first-order chi connectivity index (χ1) is 10.8. The number of benzene rings is 2. The molecule has 0 saturated carbocycles. The van der Waals surface area contributed by atoms with Crippen LogP contribution < -0.4 is 10.2 Å². The lowest BCUT2D eigenvalue weighted by Crippen LogP contribution is -2.35. The Bertz CT molecular complexity index is 641. The highest BCUT2D eigenvalue weighted by Gasteiger charge is 2.22. The average Bonchev–Trinajstić information content (AvgIpc) is 2.57. The summed E-state index contributed by atoms with van der Waals surface area (Å²) in [6.45, 7) is 4.86. The van der Waals surface area contributed by atoms with E-state index in [0.717, 1.165) is 43.5 Å². The van der Waals surface area contributed by atoms with Crippen molar-refractivity contribution in [1.29, 1.82) is 0 Å². The van der Waals surface area contributed by atoms with Crippen LogP contribution in [-0.2, 0) is 4.79 Å². The number of piperidine rings is 1. The summed E-state index contributed by atoms with van der Waals surface area (Å²) in [5.74, 6) is 0.781. The number of hydrogen-bond acceptors (Lipinski definition) is 2. The maximum Gasteiger partial charge on any atom is 0.227 e. The van der Waals surface area contributed by atoms with Crippen molar-refractivity contribution in [3.63, 3.8) is 0 Å². The highest BCUT2D eigenvalue weighted by molar-refractivity contribution is 6.03. The zero-order chi connectivity index (χ0) is 15.4. The molecule has 1 fully saturated rings. The summed E-state index contributed by atoms with van der Waals surface area (Å²) < 4.78 is 0. The number of nitrogens with zero attached hydrogens (tertiary/aromatic N) is 1. The number of carbonyl (C=O) groups is 1. The average molecular weight is 296 g/mol. The van der Waals surface area contributed by atoms with Crippen molar-refractivity contribution in [3.8, 4) is 0 Å². The van der Waals surface area contributed by atoms with E-state index in [0.29, 0.717) is 12.3 Å². The van der Waals surface area contributed by atoms with Crippen molar-refractivity contribution in [2.75, 3.05) is 24.5 Å². The van der Waals surface area contributed by atoms with E-state index < -0.39 is 0 Å². The Kier molecular flexibility index (Phi) is 4.74. The molecule has 1 amide bonds. The highest BCUT2D eigenvalue weighted by Crippen LogP contribution is 2.28. The van der Waals surface area contributed by atoms with Crippen LogP contribution in [0.4, 0.5) is 5.69 Å². The van der Waals surface area contributed by atoms with E-state index in [1.807, 2.05) is 23.1 Å². The molecule has 0 atom stereocenters. The molecule has 2 aromatic carbocycles. The van der Waals surface area contributed by atoms with Crippen molar-refractivity contribution in [3.05, 3.63) is 42.5 Å². The number of carbonyl (C=O) groups excluding carboxylic acids is 1. The first-order valence-corrected chi connectivity index (χ1v) is 8.28. The maximum atomic E-state index is 12.8. The molecule has 2 aromatic rings. The summed E-state index contributed by atoms with van der Waals surface area (Å²) in [5, 5.41) is 5.71. The lowest BCUT2D eigenvalue weighted by Gasteiger charge is -2.27. The number of amides is 1. The van der Waals surface area contributed by atoms with E-state index in [1.165, 1.54) is 5.39 Å². The Morgan fingerprint density at radius 1 is 1.14 bits per heavy atom. The Labute approximate surface area is 132 Å². The Morgan fingerprint density at radius 3 is 2.64 bits per heavy atom. The third-order valence-electron chi connectivity index (χ3n) is 4.60. The van der Waals surface area contributed by atoms with Crippen molar-refractivity contribution in [2.45, 2.75) is 26.2 Å². The molecule has 0 bridgehead atoms. The van der Waals surface area contributed by atoms with Crippen molar-refractivity contribution < 1.29 is 4.79 Å². The third-order valence-corrected chi connectivity index (χ3v) is 4.60. The van der Waals surface area contributed by atoms with E-state index >= 15 is 0 Å². The molecule has 1 N–H and O–H groups in total. The van der Waals surface area contributed by atoms with Crippen LogP contribution in [0.2, 0.25) is 0 Å². The van der Waals surface area contributed by atoms with Gasteiger partial charge < -0.3 is 10.2 Å². The largest absolute Gasteiger partial charge is 0.317 e. The fourth-order valence-electron chi connectivity index (χ4n) is 3.37. The van der Waals surface area contributed by atoms with Crippen LogP contribution in [0.15, 0.2) is 42.5 Å². The Balaban J connectivity index is 1.84. The minimum Gasteiger partial charge on any atom is -0.317 e. The van der Waals surface area contributed by atoms with E-state index in [2.05, 4.69) is 36.5 Å². The molecule has 3 nitrogen and oxygen atoms in total. The fourth-order valence-corrected chi connectivity index (χ4v) is 3.37. The molecule has 0 radical (unpaired) electrons. The third kappa shape index (κ3) is 3.14. The topological polar surface area (TPSA) is 32.3 Å². The second-order valence-electron chi connectivity index (χ2n) is 6.03. The van der Waals surface area contributed by atoms with Gasteiger partial charge in [0.15, 0.2) is 0 Å². The zero-order valence-electron chi connectivity index (χ0n) is 13.2. The van der Waals surface area contributed by atoms with E-state index in [1.54, 1.807) is 0 Å². The van der Waals surface area contributed by atoms with Crippen LogP contribution in [0.25, 0.3) is 10.8 Å². The second kappa shape index (κ2) is 6.93. The van der Waals surface area contributed by atoms with E-state index in [4.69, 9.17) is 0 Å². The highest BCUT2D eigenvalue weighted by atomic mass is 16.2. The molecule has 3 rings (SSSR count). The number of rotatable bonds is 4. The Hall–Kier alpha value is -1.87. The molecule has 0 aliphatic carbocycles. The van der Waals surface area contributed by atoms with Crippen LogP contribution in [0.1, 0.15) is 26.2 Å². The van der Waals surface area contributed by atoms with Gasteiger partial charge in [-0.3, -0.25) is 4.79 Å². The van der Waals surface area contributed by atoms with Gasteiger partial charge in [-0.05, 0) is 50.2 Å². The van der Waals surface area contributed by atoms with E-state index in [-0.39, 0.29) is 5.91 Å². The standard InChI is InChI=1S/C19H24N2O/c1-2-21(19(22)14-15-10-12-20-13-11-15)18-9-5-7-16-6-3-4-8-17(16)18/h3-9,15,20H,2,10-14H2,1H3. The van der Waals surface area contributed by atoms with Gasteiger partial charge in [-0.1, -0.05) is 36.4 Å². The van der Waals surface area contributed by atoms with Gasteiger partial charge in [0.1, 0.15) is 0 Å². The van der Waals surface area contributed by atoms with Crippen LogP contribution in [-0.4, -0.2) is 25.5 Å². The second-order valence-corrected chi connectivity index (χ2v) is 6.03. The smallest absolute Gasteiger partial charge is 0.227 e. The molecule has 22 heavy (non-hydrogen) atoms. The number of nitrogens with one attached hydrogen (secondary N) is 1. The van der Waals surface area contributed by atoms with Gasteiger partial charge in [-0.25, -0.2) is 0 Å². The first-order valence-electron chi connectivity index (χ1n) is 8.28. The van der Waals surface area contributed by atoms with Gasteiger partial charge in [0.2, 0.25) is 5.91 Å². The minimum atomic E-state index is 0.255. The van der Waals surface area contributed by atoms with Gasteiger partial charge in [0, 0.05) is 18.4 Å². The summed E-state index contributed by atoms with van der Waals surface area (Å²) in [7, 11) is 0. The molecular formula is C19H24N2O. The minimum absolute atomic E-state index is 0.255. The molecule has 1 heterocycles. The number of anilines is 1. The molecule has 1 saturated heterocycles. The van der Waals surface area contributed by atoms with Gasteiger partial charge in [0.05, 0.1) is 5.69 Å². The molecule has 1 aliphatic rings. The normalized spacial score (nSPS) is 15.9. The predicted octanol–water partition coefficient (Wildman–Crippen LogP) is 3.58. The van der Waals surface area contributed by atoms with Gasteiger partial charge >= 0.3 is 0 Å². The van der Waals surface area contributed by atoms with Crippen LogP contribution in [0.5, 0.6) is 0 Å². The molecule has 0 unspecified atom stereocenters. The summed E-state index contributed by atoms with van der Waals surface area (Å²) >= 11 is 0. The monoisotopic (exact) mass is 296 g/mol. The number of fused-ring (bicyclic) bond motifs is 1. The SMILES string of the molecule is CCN(C(=O)CC1CCNCC1)c1cccc2ccccc12. The van der Waals surface area contributed by atoms with Gasteiger partial charge in [-0.2, -0.15) is 0 Å². The van der Waals surface area contributed by atoms with Gasteiger partial charge in [-0.15, -0.1) is 0 Å². The molecule has 116 valence electrons. The lowest BCUT2D eigenvalue weighted by molar-refractivity contribution is -0.119. The summed E-state index contributed by atoms with van der Waals surface area (Å²) in [6.07, 6.45) is 2.89. The summed E-state index contributed by atoms with van der Waals surface area (Å²) in [5.41, 5.74) is 1.04. The number of hydrogen-bond donors (Lipinski definition) is 1. The van der Waals surface area contributed by atoms with Crippen molar-refractivity contribution in [2.24, 2.45) is 5.92 Å². The van der Waals surface area contributed by atoms with Crippen molar-refractivity contribution >= 4 is 22.4 Å². The predicted molar refractivity (Wildman–Crippen MR) is 92.2 cm³/mol. The first kappa shape index (κ1) is 15.0. The van der Waals surface area contributed by atoms with E-state index in [9.17, 15) is 4.79 Å². The Morgan fingerprint density at radius 2 is 1.86 bits per heavy atom. The molecule has 1 aliphatic heterocycles. The molecule has 3 heteroatoms. The zero-order valence-corrected chi connectivity index (χ0v) is 13.2. The fraction of sp³-hybridized carbons (Fsp3) is 0.421. The maximum absolute atomic E-state index is 12.8. The molecule has 0 spiro atoms. The van der Waals surface area contributed by atoms with Gasteiger partial charge in [0.25, 0.3) is 0 Å². The summed E-state index contributed by atoms with van der Waals surface area (Å²) in [4.78, 5) is 14.7. The van der Waals surface area contributed by atoms with Crippen LogP contribution in [0.3, 0.4) is 0 Å². The quantitative estimate of drug-likeness (QED) is 0.935. The molecular weight excluding hydrogens is 272 g/mol. The lowest BCUT2D eigenvalue weighted by atomic mass is 9.94. The van der Waals surface area contributed by atoms with Crippen LogP contribution >= 0.6 is 0 Å². The van der Waals surface area contributed by atoms with Crippen molar-refractivity contribution in [1.82, 2.24) is 5.32 Å². The van der Waals surface area contributed by atoms with Crippen LogP contribution in [0, 0.1) is 5.92 Å². The molecule has 0 aromatic heterocycles.